The Morgan fingerprint density at radius 2 is 2.00 bits per heavy atom. The van der Waals surface area contributed by atoms with E-state index in [0.29, 0.717) is 13.0 Å². The van der Waals surface area contributed by atoms with Crippen LogP contribution < -0.4 is 0 Å². The number of carbonyl (C=O) groups is 1. The summed E-state index contributed by atoms with van der Waals surface area (Å²) in [6.07, 6.45) is -2.71. The van der Waals surface area contributed by atoms with Crippen molar-refractivity contribution >= 4 is 5.78 Å². The van der Waals surface area contributed by atoms with Crippen LogP contribution in [-0.4, -0.2) is 51.1 Å². The largest absolute Gasteiger partial charge is 0.349 e. The lowest BCUT2D eigenvalue weighted by Crippen LogP contribution is -2.58. The number of hydrogen-bond donors (Lipinski definition) is 0. The molecule has 0 saturated carbocycles. The number of ether oxygens (including phenoxy) is 5. The predicted molar refractivity (Wildman–Crippen MR) is 80.7 cm³/mol. The molecule has 3 aliphatic rings. The summed E-state index contributed by atoms with van der Waals surface area (Å²) in [5.41, 5.74) is 0.887. The quantitative estimate of drug-likeness (QED) is 0.750. The highest BCUT2D eigenvalue weighted by Gasteiger charge is 2.50. The lowest BCUT2D eigenvalue weighted by molar-refractivity contribution is -0.319. The minimum Gasteiger partial charge on any atom is -0.349 e. The molecular weight excluding hydrogens is 332 g/mol. The van der Waals surface area contributed by atoms with E-state index in [9.17, 15) is 4.79 Å². The molecule has 3 heterocycles. The summed E-state index contributed by atoms with van der Waals surface area (Å²) in [6, 6.07) is 9.57. The van der Waals surface area contributed by atoms with Crippen LogP contribution in [0.15, 0.2) is 30.3 Å². The summed E-state index contributed by atoms with van der Waals surface area (Å²) >= 11 is 0. The fourth-order valence-corrected chi connectivity index (χ4v) is 3.34. The van der Waals surface area contributed by atoms with Gasteiger partial charge in [-0.05, 0) is 0 Å². The molecule has 0 amide bonds. The maximum atomic E-state index is 12.7. The second-order valence-corrected chi connectivity index (χ2v) is 6.09. The van der Waals surface area contributed by atoms with Crippen molar-refractivity contribution in [2.24, 2.45) is 5.92 Å². The maximum absolute atomic E-state index is 12.7. The zero-order valence-electron chi connectivity index (χ0n) is 13.7. The molecule has 1 aromatic rings. The molecule has 0 spiro atoms. The Bertz CT molecular complexity index is 588. The molecule has 2 unspecified atom stereocenters. The summed E-state index contributed by atoms with van der Waals surface area (Å²) in [7, 11) is 1.43. The molecule has 0 N–H and O–H groups in total. The molecule has 3 saturated heterocycles. The van der Waals surface area contributed by atoms with Crippen LogP contribution in [0, 0.1) is 5.92 Å². The van der Waals surface area contributed by atoms with Crippen molar-refractivity contribution in [1.82, 2.24) is 0 Å². The Kier molecular flexibility index (Phi) is 5.09. The topological polar surface area (TPSA) is 81.7 Å². The number of Topliss-reactive ketones (excluding diaryl/α,β-unsaturated/α-hetero) is 1. The molecule has 25 heavy (non-hydrogen) atoms. The van der Waals surface area contributed by atoms with Crippen LogP contribution in [0.4, 0.5) is 0 Å². The van der Waals surface area contributed by atoms with E-state index in [1.807, 2.05) is 30.3 Å². The van der Waals surface area contributed by atoms with Crippen molar-refractivity contribution in [2.45, 2.75) is 37.5 Å². The van der Waals surface area contributed by atoms with Gasteiger partial charge in [0.25, 0.3) is 0 Å². The molecule has 0 radical (unpaired) electrons. The minimum atomic E-state index is -0.950. The molecule has 8 heteroatoms. The first-order chi connectivity index (χ1) is 12.3. The van der Waals surface area contributed by atoms with Crippen LogP contribution in [0.3, 0.4) is 0 Å². The standard InChI is InChI=1S/C17H20O8/c1-19-17-14(18)11(7-13-21-9-22-25-13)15-12(23-17)8-20-16(24-15)10-5-3-2-4-6-10/h2-6,11-13,15-17H,7-9H2,1H3/t11-,12-,13?,15?,16-,17+/m1/s1. The van der Waals surface area contributed by atoms with Gasteiger partial charge in [-0.15, -0.1) is 0 Å². The number of benzene rings is 1. The van der Waals surface area contributed by atoms with E-state index in [-0.39, 0.29) is 12.6 Å². The van der Waals surface area contributed by atoms with Crippen LogP contribution >= 0.6 is 0 Å². The second-order valence-electron chi connectivity index (χ2n) is 6.09. The van der Waals surface area contributed by atoms with Gasteiger partial charge in [-0.3, -0.25) is 4.79 Å². The molecule has 3 fully saturated rings. The average Bonchev–Trinajstić information content (AvgIpc) is 3.17. The molecule has 6 atom stereocenters. The fraction of sp³-hybridized carbons (Fsp3) is 0.588. The monoisotopic (exact) mass is 352 g/mol. The molecular formula is C17H20O8. The maximum Gasteiger partial charge on any atom is 0.218 e. The van der Waals surface area contributed by atoms with Crippen molar-refractivity contribution in [3.8, 4) is 0 Å². The molecule has 3 aliphatic heterocycles. The predicted octanol–water partition coefficient (Wildman–Crippen LogP) is 1.31. The lowest BCUT2D eigenvalue weighted by atomic mass is 9.86. The van der Waals surface area contributed by atoms with Crippen LogP contribution in [-0.2, 0) is 38.3 Å². The van der Waals surface area contributed by atoms with E-state index in [4.69, 9.17) is 33.5 Å². The number of fused-ring (bicyclic) bond motifs is 1. The first kappa shape index (κ1) is 17.0. The van der Waals surface area contributed by atoms with Crippen LogP contribution in [0.5, 0.6) is 0 Å². The highest BCUT2D eigenvalue weighted by atomic mass is 17.3. The van der Waals surface area contributed by atoms with Gasteiger partial charge >= 0.3 is 0 Å². The van der Waals surface area contributed by atoms with Gasteiger partial charge in [0.05, 0.1) is 18.6 Å². The van der Waals surface area contributed by atoms with Crippen molar-refractivity contribution < 1.29 is 38.3 Å². The third kappa shape index (κ3) is 3.47. The summed E-state index contributed by atoms with van der Waals surface area (Å²) < 4.78 is 28.0. The number of hydrogen-bond acceptors (Lipinski definition) is 8. The molecule has 0 bridgehead atoms. The van der Waals surface area contributed by atoms with Gasteiger partial charge in [0, 0.05) is 19.1 Å². The van der Waals surface area contributed by atoms with Crippen molar-refractivity contribution in [1.29, 1.82) is 0 Å². The van der Waals surface area contributed by atoms with Gasteiger partial charge in [-0.1, -0.05) is 30.3 Å². The number of ketones is 1. The summed E-state index contributed by atoms with van der Waals surface area (Å²) in [5.74, 6) is -0.706. The first-order valence-corrected chi connectivity index (χ1v) is 8.20. The molecule has 1 aromatic carbocycles. The molecule has 0 aromatic heterocycles. The molecule has 8 nitrogen and oxygen atoms in total. The number of rotatable bonds is 4. The Balaban J connectivity index is 1.54. The zero-order chi connectivity index (χ0) is 17.2. The Labute approximate surface area is 144 Å². The van der Waals surface area contributed by atoms with Crippen molar-refractivity contribution in [3.63, 3.8) is 0 Å². The summed E-state index contributed by atoms with van der Waals surface area (Å²) in [5, 5.41) is 0. The van der Waals surface area contributed by atoms with E-state index in [1.165, 1.54) is 7.11 Å². The summed E-state index contributed by atoms with van der Waals surface area (Å²) in [6.45, 7) is 0.344. The molecule has 0 aliphatic carbocycles. The Morgan fingerprint density at radius 1 is 1.16 bits per heavy atom. The minimum absolute atomic E-state index is 0.0422. The Hall–Kier alpha value is -1.39. The first-order valence-electron chi connectivity index (χ1n) is 8.20. The van der Waals surface area contributed by atoms with E-state index in [0.717, 1.165) is 5.56 Å². The van der Waals surface area contributed by atoms with Crippen molar-refractivity contribution in [3.05, 3.63) is 35.9 Å². The Morgan fingerprint density at radius 3 is 2.72 bits per heavy atom. The average molecular weight is 352 g/mol. The van der Waals surface area contributed by atoms with Gasteiger partial charge in [0.15, 0.2) is 25.2 Å². The fourth-order valence-electron chi connectivity index (χ4n) is 3.34. The van der Waals surface area contributed by atoms with E-state index in [2.05, 4.69) is 0 Å². The van der Waals surface area contributed by atoms with Gasteiger partial charge in [0.1, 0.15) is 6.10 Å². The molecule has 4 rings (SSSR count). The highest BCUT2D eigenvalue weighted by Crippen LogP contribution is 2.37. The van der Waals surface area contributed by atoms with Gasteiger partial charge in [-0.2, -0.15) is 0 Å². The van der Waals surface area contributed by atoms with Crippen molar-refractivity contribution in [2.75, 3.05) is 20.5 Å². The van der Waals surface area contributed by atoms with E-state index >= 15 is 0 Å². The van der Waals surface area contributed by atoms with E-state index in [1.54, 1.807) is 0 Å². The normalized spacial score (nSPS) is 38.5. The van der Waals surface area contributed by atoms with Crippen LogP contribution in [0.1, 0.15) is 18.3 Å². The molecule has 136 valence electrons. The number of methoxy groups -OCH3 is 1. The smallest absolute Gasteiger partial charge is 0.218 e. The van der Waals surface area contributed by atoms with Gasteiger partial charge in [-0.25, -0.2) is 9.78 Å². The van der Waals surface area contributed by atoms with E-state index < -0.39 is 37.0 Å². The highest BCUT2D eigenvalue weighted by molar-refractivity contribution is 5.85. The van der Waals surface area contributed by atoms with Crippen LogP contribution in [0.2, 0.25) is 0 Å². The third-order valence-corrected chi connectivity index (χ3v) is 4.56. The SMILES string of the molecule is CO[C@H]1O[C@@H]2CO[C@@H](c3ccccc3)OC2[C@H](CC2OCOO2)C1=O. The number of carbonyl (C=O) groups excluding carboxylic acids is 1. The van der Waals surface area contributed by atoms with Gasteiger partial charge in [0.2, 0.25) is 6.29 Å². The second kappa shape index (κ2) is 7.46. The summed E-state index contributed by atoms with van der Waals surface area (Å²) in [4.78, 5) is 22.5. The lowest BCUT2D eigenvalue weighted by Gasteiger charge is -2.44. The third-order valence-electron chi connectivity index (χ3n) is 4.56. The zero-order valence-corrected chi connectivity index (χ0v) is 13.7. The van der Waals surface area contributed by atoms with Gasteiger partial charge < -0.3 is 23.7 Å². The van der Waals surface area contributed by atoms with Crippen LogP contribution in [0.25, 0.3) is 0 Å².